The molecular weight excluding hydrogens is 238 g/mol. The van der Waals surface area contributed by atoms with E-state index in [0.717, 1.165) is 5.56 Å². The average Bonchev–Trinajstić information content (AvgIpc) is 2.71. The summed E-state index contributed by atoms with van der Waals surface area (Å²) < 4.78 is 1.52. The summed E-state index contributed by atoms with van der Waals surface area (Å²) in [5, 5.41) is 7.39. The third kappa shape index (κ3) is 2.31. The Bertz CT molecular complexity index is 563. The van der Waals surface area contributed by atoms with E-state index in [1.54, 1.807) is 31.4 Å². The summed E-state index contributed by atoms with van der Waals surface area (Å²) in [4.78, 5) is 11.9. The van der Waals surface area contributed by atoms with Crippen LogP contribution >= 0.6 is 11.6 Å². The molecule has 1 amide bonds. The Balaban J connectivity index is 2.25. The first-order valence-electron chi connectivity index (χ1n) is 5.14. The van der Waals surface area contributed by atoms with Crippen LogP contribution in [-0.2, 0) is 7.05 Å². The molecule has 0 aliphatic carbocycles. The van der Waals surface area contributed by atoms with Gasteiger partial charge >= 0.3 is 0 Å². The van der Waals surface area contributed by atoms with Crippen LogP contribution in [0.15, 0.2) is 30.5 Å². The van der Waals surface area contributed by atoms with Crippen LogP contribution in [0.2, 0.25) is 5.02 Å². The van der Waals surface area contributed by atoms with Gasteiger partial charge in [0.1, 0.15) is 5.69 Å². The summed E-state index contributed by atoms with van der Waals surface area (Å²) in [6.45, 7) is 1.86. The van der Waals surface area contributed by atoms with Gasteiger partial charge in [0.25, 0.3) is 5.91 Å². The third-order valence-electron chi connectivity index (χ3n) is 2.57. The van der Waals surface area contributed by atoms with Gasteiger partial charge in [0.2, 0.25) is 0 Å². The van der Waals surface area contributed by atoms with E-state index in [1.165, 1.54) is 4.68 Å². The second-order valence-electron chi connectivity index (χ2n) is 3.71. The van der Waals surface area contributed by atoms with Gasteiger partial charge in [0, 0.05) is 24.0 Å². The van der Waals surface area contributed by atoms with Crippen LogP contribution in [0.1, 0.15) is 16.1 Å². The Kier molecular flexibility index (Phi) is 3.15. The molecular formula is C12H12ClN3O. The van der Waals surface area contributed by atoms with Gasteiger partial charge < -0.3 is 5.32 Å². The molecule has 2 aromatic rings. The molecule has 2 rings (SSSR count). The van der Waals surface area contributed by atoms with Crippen molar-refractivity contribution in [3.63, 3.8) is 0 Å². The smallest absolute Gasteiger partial charge is 0.273 e. The Morgan fingerprint density at radius 2 is 2.18 bits per heavy atom. The summed E-state index contributed by atoms with van der Waals surface area (Å²) in [5.41, 5.74) is 2.07. The number of hydrogen-bond acceptors (Lipinski definition) is 2. The van der Waals surface area contributed by atoms with Crippen LogP contribution in [0.5, 0.6) is 0 Å². The standard InChI is InChI=1S/C12H12ClN3O/c1-8-9(13)4-3-5-10(8)15-12(17)11-6-7-14-16(11)2/h3-7H,1-2H3,(H,15,17). The molecule has 0 aliphatic rings. The first-order chi connectivity index (χ1) is 8.09. The minimum atomic E-state index is -0.199. The molecule has 1 aromatic heterocycles. The van der Waals surface area contributed by atoms with Crippen molar-refractivity contribution in [1.82, 2.24) is 9.78 Å². The van der Waals surface area contributed by atoms with Crippen molar-refractivity contribution in [3.8, 4) is 0 Å². The van der Waals surface area contributed by atoms with Gasteiger partial charge in [0.15, 0.2) is 0 Å². The minimum Gasteiger partial charge on any atom is -0.320 e. The number of nitrogens with one attached hydrogen (secondary N) is 1. The highest BCUT2D eigenvalue weighted by Gasteiger charge is 2.11. The average molecular weight is 250 g/mol. The molecule has 0 aliphatic heterocycles. The zero-order chi connectivity index (χ0) is 12.4. The molecule has 0 spiro atoms. The molecule has 0 radical (unpaired) electrons. The van der Waals surface area contributed by atoms with E-state index >= 15 is 0 Å². The zero-order valence-corrected chi connectivity index (χ0v) is 10.3. The van der Waals surface area contributed by atoms with Crippen molar-refractivity contribution < 1.29 is 4.79 Å². The van der Waals surface area contributed by atoms with Crippen molar-refractivity contribution in [1.29, 1.82) is 0 Å². The number of aryl methyl sites for hydroxylation is 1. The zero-order valence-electron chi connectivity index (χ0n) is 9.57. The van der Waals surface area contributed by atoms with E-state index in [2.05, 4.69) is 10.4 Å². The van der Waals surface area contributed by atoms with Crippen LogP contribution in [0, 0.1) is 6.92 Å². The molecule has 0 atom stereocenters. The maximum atomic E-state index is 11.9. The van der Waals surface area contributed by atoms with Gasteiger partial charge in [-0.3, -0.25) is 9.48 Å². The third-order valence-corrected chi connectivity index (χ3v) is 2.98. The number of carbonyl (C=O) groups excluding carboxylic acids is 1. The molecule has 0 saturated carbocycles. The topological polar surface area (TPSA) is 46.9 Å². The number of rotatable bonds is 2. The van der Waals surface area contributed by atoms with Crippen LogP contribution < -0.4 is 5.32 Å². The number of halogens is 1. The summed E-state index contributed by atoms with van der Waals surface area (Å²) >= 11 is 5.98. The second kappa shape index (κ2) is 4.59. The Morgan fingerprint density at radius 1 is 1.41 bits per heavy atom. The van der Waals surface area contributed by atoms with Gasteiger partial charge in [-0.2, -0.15) is 5.10 Å². The first kappa shape index (κ1) is 11.7. The molecule has 1 aromatic carbocycles. The predicted octanol–water partition coefficient (Wildman–Crippen LogP) is 2.63. The molecule has 88 valence electrons. The monoisotopic (exact) mass is 249 g/mol. The summed E-state index contributed by atoms with van der Waals surface area (Å²) in [7, 11) is 1.72. The van der Waals surface area contributed by atoms with Crippen molar-refractivity contribution in [2.75, 3.05) is 5.32 Å². The number of hydrogen-bond donors (Lipinski definition) is 1. The van der Waals surface area contributed by atoms with E-state index in [1.807, 2.05) is 13.0 Å². The summed E-state index contributed by atoms with van der Waals surface area (Å²) in [6.07, 6.45) is 1.58. The van der Waals surface area contributed by atoms with Crippen molar-refractivity contribution >= 4 is 23.2 Å². The molecule has 5 heteroatoms. The van der Waals surface area contributed by atoms with Crippen molar-refractivity contribution in [2.45, 2.75) is 6.92 Å². The molecule has 4 nitrogen and oxygen atoms in total. The highest BCUT2D eigenvalue weighted by Crippen LogP contribution is 2.23. The SMILES string of the molecule is Cc1c(Cl)cccc1NC(=O)c1ccnn1C. The molecule has 0 fully saturated rings. The fraction of sp³-hybridized carbons (Fsp3) is 0.167. The lowest BCUT2D eigenvalue weighted by atomic mass is 10.2. The lowest BCUT2D eigenvalue weighted by Gasteiger charge is -2.09. The van der Waals surface area contributed by atoms with Crippen molar-refractivity contribution in [2.24, 2.45) is 7.05 Å². The predicted molar refractivity (Wildman–Crippen MR) is 67.4 cm³/mol. The van der Waals surface area contributed by atoms with E-state index in [0.29, 0.717) is 16.4 Å². The molecule has 0 unspecified atom stereocenters. The lowest BCUT2D eigenvalue weighted by molar-refractivity contribution is 0.101. The molecule has 1 heterocycles. The van der Waals surface area contributed by atoms with Crippen molar-refractivity contribution in [3.05, 3.63) is 46.7 Å². The Hall–Kier alpha value is -1.81. The molecule has 0 bridgehead atoms. The number of amides is 1. The normalized spacial score (nSPS) is 10.3. The van der Waals surface area contributed by atoms with Crippen LogP contribution in [-0.4, -0.2) is 15.7 Å². The summed E-state index contributed by atoms with van der Waals surface area (Å²) in [6, 6.07) is 7.06. The van der Waals surface area contributed by atoms with E-state index < -0.39 is 0 Å². The van der Waals surface area contributed by atoms with Gasteiger partial charge in [-0.05, 0) is 30.7 Å². The van der Waals surface area contributed by atoms with E-state index in [4.69, 9.17) is 11.6 Å². The van der Waals surface area contributed by atoms with E-state index in [-0.39, 0.29) is 5.91 Å². The van der Waals surface area contributed by atoms with Crippen LogP contribution in [0.4, 0.5) is 5.69 Å². The lowest BCUT2D eigenvalue weighted by Crippen LogP contribution is -2.16. The van der Waals surface area contributed by atoms with Gasteiger partial charge in [0.05, 0.1) is 0 Å². The quantitative estimate of drug-likeness (QED) is 0.889. The highest BCUT2D eigenvalue weighted by molar-refractivity contribution is 6.31. The number of benzene rings is 1. The molecule has 17 heavy (non-hydrogen) atoms. The van der Waals surface area contributed by atoms with Crippen LogP contribution in [0.3, 0.4) is 0 Å². The molecule has 1 N–H and O–H groups in total. The first-order valence-corrected chi connectivity index (χ1v) is 5.52. The van der Waals surface area contributed by atoms with E-state index in [9.17, 15) is 4.79 Å². The number of aromatic nitrogens is 2. The van der Waals surface area contributed by atoms with Gasteiger partial charge in [-0.1, -0.05) is 17.7 Å². The summed E-state index contributed by atoms with van der Waals surface area (Å²) in [5.74, 6) is -0.199. The number of carbonyl (C=O) groups is 1. The van der Waals surface area contributed by atoms with Gasteiger partial charge in [-0.25, -0.2) is 0 Å². The van der Waals surface area contributed by atoms with Crippen LogP contribution in [0.25, 0.3) is 0 Å². The maximum absolute atomic E-state index is 11.9. The Labute approximate surface area is 104 Å². The number of anilines is 1. The molecule has 0 saturated heterocycles. The maximum Gasteiger partial charge on any atom is 0.273 e. The minimum absolute atomic E-state index is 0.199. The second-order valence-corrected chi connectivity index (χ2v) is 4.11. The largest absolute Gasteiger partial charge is 0.320 e. The fourth-order valence-electron chi connectivity index (χ4n) is 1.53. The Morgan fingerprint density at radius 3 is 2.82 bits per heavy atom. The fourth-order valence-corrected chi connectivity index (χ4v) is 1.70. The highest BCUT2D eigenvalue weighted by atomic mass is 35.5. The number of nitrogens with zero attached hydrogens (tertiary/aromatic N) is 2. The van der Waals surface area contributed by atoms with Gasteiger partial charge in [-0.15, -0.1) is 0 Å².